The number of nitrogens with zero attached hydrogens (tertiary/aromatic N) is 1. The summed E-state index contributed by atoms with van der Waals surface area (Å²) < 4.78 is 0. The summed E-state index contributed by atoms with van der Waals surface area (Å²) in [5.41, 5.74) is 9.53. The fraction of sp³-hybridized carbons (Fsp3) is 0.111. The second-order valence-corrected chi connectivity index (χ2v) is 5.44. The van der Waals surface area contributed by atoms with Gasteiger partial charge in [0.15, 0.2) is 0 Å². The number of carboxylic acids is 1. The van der Waals surface area contributed by atoms with E-state index in [0.717, 1.165) is 39.1 Å². The van der Waals surface area contributed by atoms with Crippen LogP contribution in [-0.4, -0.2) is 16.1 Å². The minimum atomic E-state index is -0.840. The first-order chi connectivity index (χ1) is 11.0. The number of carbonyl (C=O) groups is 1. The molecule has 0 saturated carbocycles. The molecule has 0 spiro atoms. The molecule has 5 nitrogen and oxygen atoms in total. The zero-order chi connectivity index (χ0) is 16.4. The summed E-state index contributed by atoms with van der Waals surface area (Å²) in [5, 5.41) is 14.0. The first kappa shape index (κ1) is 14.8. The van der Waals surface area contributed by atoms with Crippen molar-refractivity contribution in [2.24, 2.45) is 0 Å². The number of aromatic nitrogens is 1. The second-order valence-electron chi connectivity index (χ2n) is 5.44. The maximum absolute atomic E-state index is 10.7. The molecule has 0 bridgehead atoms. The van der Waals surface area contributed by atoms with E-state index >= 15 is 0 Å². The van der Waals surface area contributed by atoms with Gasteiger partial charge >= 0.3 is 5.97 Å². The lowest BCUT2D eigenvalue weighted by atomic mass is 10.1. The maximum Gasteiger partial charge on any atom is 0.307 e. The van der Waals surface area contributed by atoms with Gasteiger partial charge in [-0.3, -0.25) is 4.79 Å². The summed E-state index contributed by atoms with van der Waals surface area (Å²) in [6.45, 7) is 1.98. The zero-order valence-electron chi connectivity index (χ0n) is 12.7. The van der Waals surface area contributed by atoms with Gasteiger partial charge in [0.25, 0.3) is 0 Å². The fourth-order valence-corrected chi connectivity index (χ4v) is 2.50. The number of nitrogens with two attached hydrogens (primary N) is 1. The highest BCUT2D eigenvalue weighted by Gasteiger charge is 2.07. The number of benzene rings is 2. The molecule has 0 radical (unpaired) electrons. The van der Waals surface area contributed by atoms with Gasteiger partial charge in [0.1, 0.15) is 5.82 Å². The van der Waals surface area contributed by atoms with Crippen molar-refractivity contribution in [3.63, 3.8) is 0 Å². The molecule has 0 unspecified atom stereocenters. The van der Waals surface area contributed by atoms with Gasteiger partial charge in [-0.25, -0.2) is 4.98 Å². The molecular weight excluding hydrogens is 290 g/mol. The molecule has 0 saturated heterocycles. The number of pyridine rings is 1. The van der Waals surface area contributed by atoms with Gasteiger partial charge in [0.2, 0.25) is 0 Å². The number of nitrogens with one attached hydrogen (secondary N) is 1. The topological polar surface area (TPSA) is 88.2 Å². The second kappa shape index (κ2) is 5.96. The maximum atomic E-state index is 10.7. The third-order valence-electron chi connectivity index (χ3n) is 3.78. The van der Waals surface area contributed by atoms with Crippen molar-refractivity contribution in [1.82, 2.24) is 4.98 Å². The average Bonchev–Trinajstić information content (AvgIpc) is 2.53. The van der Waals surface area contributed by atoms with Crippen LogP contribution in [0.4, 0.5) is 17.2 Å². The Hall–Kier alpha value is -3.08. The number of rotatable bonds is 4. The van der Waals surface area contributed by atoms with Crippen LogP contribution < -0.4 is 11.1 Å². The number of hydrogen-bond acceptors (Lipinski definition) is 4. The van der Waals surface area contributed by atoms with Gasteiger partial charge in [-0.1, -0.05) is 24.3 Å². The van der Waals surface area contributed by atoms with Crippen molar-refractivity contribution in [3.05, 3.63) is 59.8 Å². The Morgan fingerprint density at radius 2 is 1.87 bits per heavy atom. The molecule has 0 atom stereocenters. The minimum absolute atomic E-state index is 0.0165. The smallest absolute Gasteiger partial charge is 0.307 e. The normalized spacial score (nSPS) is 10.7. The molecule has 5 heteroatoms. The standard InChI is InChI=1S/C18H17N3O2/c1-11-2-7-15-14(17(11)19)8-9-20-18(15)21-13-5-3-12(4-6-13)10-16(22)23/h2-9H,10,19H2,1H3,(H,20,21)(H,22,23). The summed E-state index contributed by atoms with van der Waals surface area (Å²) in [6, 6.07) is 13.1. The molecule has 0 fully saturated rings. The number of fused-ring (bicyclic) bond motifs is 1. The van der Waals surface area contributed by atoms with Crippen molar-refractivity contribution < 1.29 is 9.90 Å². The lowest BCUT2D eigenvalue weighted by Gasteiger charge is -2.11. The van der Waals surface area contributed by atoms with Crippen LogP contribution >= 0.6 is 0 Å². The van der Waals surface area contributed by atoms with E-state index in [1.165, 1.54) is 0 Å². The lowest BCUT2D eigenvalue weighted by molar-refractivity contribution is -0.136. The van der Waals surface area contributed by atoms with Gasteiger partial charge in [-0.05, 0) is 36.2 Å². The molecule has 23 heavy (non-hydrogen) atoms. The third kappa shape index (κ3) is 3.08. The number of hydrogen-bond donors (Lipinski definition) is 3. The predicted molar refractivity (Wildman–Crippen MR) is 92.0 cm³/mol. The van der Waals surface area contributed by atoms with Crippen LogP contribution in [0.25, 0.3) is 10.8 Å². The van der Waals surface area contributed by atoms with E-state index in [9.17, 15) is 4.79 Å². The first-order valence-electron chi connectivity index (χ1n) is 7.26. The van der Waals surface area contributed by atoms with E-state index in [2.05, 4.69) is 10.3 Å². The van der Waals surface area contributed by atoms with E-state index in [1.807, 2.05) is 37.3 Å². The molecular formula is C18H17N3O2. The highest BCUT2D eigenvalue weighted by molar-refractivity contribution is 6.01. The van der Waals surface area contributed by atoms with Crippen LogP contribution in [0.15, 0.2) is 48.7 Å². The van der Waals surface area contributed by atoms with E-state index in [-0.39, 0.29) is 6.42 Å². The van der Waals surface area contributed by atoms with Crippen LogP contribution in [0.5, 0.6) is 0 Å². The molecule has 0 amide bonds. The van der Waals surface area contributed by atoms with Crippen LogP contribution in [-0.2, 0) is 11.2 Å². The Kier molecular flexibility index (Phi) is 3.85. The van der Waals surface area contributed by atoms with Crippen molar-refractivity contribution in [1.29, 1.82) is 0 Å². The largest absolute Gasteiger partial charge is 0.481 e. The lowest BCUT2D eigenvalue weighted by Crippen LogP contribution is -2.00. The average molecular weight is 307 g/mol. The molecule has 0 aliphatic heterocycles. The molecule has 2 aromatic carbocycles. The van der Waals surface area contributed by atoms with Crippen molar-refractivity contribution >= 4 is 33.9 Å². The van der Waals surface area contributed by atoms with Crippen LogP contribution in [0, 0.1) is 6.92 Å². The van der Waals surface area contributed by atoms with Gasteiger partial charge in [-0.2, -0.15) is 0 Å². The Morgan fingerprint density at radius 1 is 1.13 bits per heavy atom. The number of carboxylic acid groups (broad SMARTS) is 1. The third-order valence-corrected chi connectivity index (χ3v) is 3.78. The van der Waals surface area contributed by atoms with E-state index < -0.39 is 5.97 Å². The molecule has 116 valence electrons. The number of aliphatic carboxylic acids is 1. The molecule has 0 aliphatic carbocycles. The summed E-state index contributed by atoms with van der Waals surface area (Å²) in [5.74, 6) is -0.118. The van der Waals surface area contributed by atoms with E-state index in [0.29, 0.717) is 0 Å². The monoisotopic (exact) mass is 307 g/mol. The Bertz CT molecular complexity index is 873. The number of aryl methyl sites for hydroxylation is 1. The quantitative estimate of drug-likeness (QED) is 0.642. The summed E-state index contributed by atoms with van der Waals surface area (Å²) in [7, 11) is 0. The van der Waals surface area contributed by atoms with Crippen LogP contribution in [0.2, 0.25) is 0 Å². The Balaban J connectivity index is 1.92. The van der Waals surface area contributed by atoms with Crippen LogP contribution in [0.3, 0.4) is 0 Å². The molecule has 3 rings (SSSR count). The van der Waals surface area contributed by atoms with Gasteiger partial charge in [0.05, 0.1) is 6.42 Å². The highest BCUT2D eigenvalue weighted by atomic mass is 16.4. The molecule has 1 heterocycles. The van der Waals surface area contributed by atoms with Gasteiger partial charge < -0.3 is 16.2 Å². The first-order valence-corrected chi connectivity index (χ1v) is 7.26. The van der Waals surface area contributed by atoms with E-state index in [4.69, 9.17) is 10.8 Å². The SMILES string of the molecule is Cc1ccc2c(Nc3ccc(CC(=O)O)cc3)nccc2c1N. The Labute approximate surface area is 133 Å². The summed E-state index contributed by atoms with van der Waals surface area (Å²) in [4.78, 5) is 15.1. The highest BCUT2D eigenvalue weighted by Crippen LogP contribution is 2.30. The van der Waals surface area contributed by atoms with E-state index in [1.54, 1.807) is 18.3 Å². The molecule has 4 N–H and O–H groups in total. The van der Waals surface area contributed by atoms with Crippen molar-refractivity contribution in [3.8, 4) is 0 Å². The Morgan fingerprint density at radius 3 is 2.57 bits per heavy atom. The van der Waals surface area contributed by atoms with Crippen molar-refractivity contribution in [2.75, 3.05) is 11.1 Å². The summed E-state index contributed by atoms with van der Waals surface area (Å²) >= 11 is 0. The van der Waals surface area contributed by atoms with Crippen molar-refractivity contribution in [2.45, 2.75) is 13.3 Å². The molecule has 0 aliphatic rings. The zero-order valence-corrected chi connectivity index (χ0v) is 12.7. The van der Waals surface area contributed by atoms with Gasteiger partial charge in [0, 0.05) is 28.3 Å². The number of anilines is 3. The minimum Gasteiger partial charge on any atom is -0.481 e. The fourth-order valence-electron chi connectivity index (χ4n) is 2.50. The van der Waals surface area contributed by atoms with Gasteiger partial charge in [-0.15, -0.1) is 0 Å². The molecule has 1 aromatic heterocycles. The molecule has 3 aromatic rings. The predicted octanol–water partition coefficient (Wildman–Crippen LogP) is 3.50. The summed E-state index contributed by atoms with van der Waals surface area (Å²) in [6.07, 6.45) is 1.74. The number of nitrogen functional groups attached to an aromatic ring is 1. The van der Waals surface area contributed by atoms with Crippen LogP contribution in [0.1, 0.15) is 11.1 Å².